The molecule has 2 aliphatic rings. The van der Waals surface area contributed by atoms with E-state index in [9.17, 15) is 23.2 Å². The van der Waals surface area contributed by atoms with Gasteiger partial charge in [-0.3, -0.25) is 4.79 Å². The van der Waals surface area contributed by atoms with E-state index in [2.05, 4.69) is 4.98 Å². The third kappa shape index (κ3) is 3.41. The Hall–Kier alpha value is -2.50. The lowest BCUT2D eigenvalue weighted by molar-refractivity contribution is -0.138. The summed E-state index contributed by atoms with van der Waals surface area (Å²) in [6, 6.07) is 2.62. The molecule has 2 atom stereocenters. The number of hydrogen-bond donors (Lipinski definition) is 1. The molecule has 2 fully saturated rings. The highest BCUT2D eigenvalue weighted by molar-refractivity contribution is 5.68. The van der Waals surface area contributed by atoms with Crippen LogP contribution in [0, 0.1) is 17.2 Å². The van der Waals surface area contributed by atoms with E-state index >= 15 is 0 Å². The van der Waals surface area contributed by atoms with E-state index in [0.29, 0.717) is 26.1 Å². The molecular weight excluding hydrogens is 349 g/mol. The third-order valence-electron chi connectivity index (χ3n) is 5.07. The van der Waals surface area contributed by atoms with Crippen molar-refractivity contribution in [3.63, 3.8) is 0 Å². The Labute approximate surface area is 148 Å². The van der Waals surface area contributed by atoms with Crippen LogP contribution in [0.1, 0.15) is 37.3 Å². The van der Waals surface area contributed by atoms with Crippen LogP contribution in [-0.2, 0) is 11.0 Å². The Balaban J connectivity index is 2.00. The summed E-state index contributed by atoms with van der Waals surface area (Å²) < 4.78 is 40.6. The zero-order chi connectivity index (χ0) is 19.1. The van der Waals surface area contributed by atoms with E-state index in [1.807, 2.05) is 6.92 Å². The minimum absolute atomic E-state index is 0.0189. The minimum Gasteiger partial charge on any atom is -0.481 e. The average Bonchev–Trinajstić information content (AvgIpc) is 2.99. The maximum absolute atomic E-state index is 13.5. The van der Waals surface area contributed by atoms with E-state index < -0.39 is 23.3 Å². The third-order valence-corrected chi connectivity index (χ3v) is 5.07. The smallest absolute Gasteiger partial charge is 0.417 e. The molecule has 140 valence electrons. The maximum atomic E-state index is 13.5. The Morgan fingerprint density at radius 2 is 2.15 bits per heavy atom. The number of carboxylic acid groups (broad SMARTS) is 1. The molecule has 1 N–H and O–H groups in total. The van der Waals surface area contributed by atoms with E-state index in [1.165, 1.54) is 0 Å². The number of alkyl halides is 3. The standard InChI is InChI=1S/C17H19F3N4O2/c1-10-2-5-24(10)16-12(8-21)13(17(18,19)20)7-14(22-16)23-4-3-11(9-23)6-15(25)26/h7,10-11H,2-6,9H2,1H3,(H,25,26)/t10-,11+/m0/s1. The van der Waals surface area contributed by atoms with Gasteiger partial charge < -0.3 is 14.9 Å². The largest absolute Gasteiger partial charge is 0.481 e. The first-order valence-electron chi connectivity index (χ1n) is 8.46. The van der Waals surface area contributed by atoms with E-state index in [4.69, 9.17) is 5.11 Å². The monoisotopic (exact) mass is 368 g/mol. The van der Waals surface area contributed by atoms with Gasteiger partial charge in [0.2, 0.25) is 0 Å². The van der Waals surface area contributed by atoms with Gasteiger partial charge in [0.25, 0.3) is 0 Å². The van der Waals surface area contributed by atoms with Gasteiger partial charge in [0.1, 0.15) is 23.3 Å². The van der Waals surface area contributed by atoms with Gasteiger partial charge >= 0.3 is 12.1 Å². The highest BCUT2D eigenvalue weighted by Crippen LogP contribution is 2.40. The lowest BCUT2D eigenvalue weighted by Crippen LogP contribution is -2.47. The minimum atomic E-state index is -4.66. The number of rotatable bonds is 4. The topological polar surface area (TPSA) is 80.5 Å². The number of aromatic nitrogens is 1. The first-order chi connectivity index (χ1) is 12.2. The summed E-state index contributed by atoms with van der Waals surface area (Å²) in [7, 11) is 0. The normalized spacial score (nSPS) is 22.9. The van der Waals surface area contributed by atoms with Crippen LogP contribution in [0.15, 0.2) is 6.07 Å². The number of halogens is 3. The second-order valence-corrected chi connectivity index (χ2v) is 6.87. The number of carboxylic acids is 1. The van der Waals surface area contributed by atoms with Crippen LogP contribution in [0.3, 0.4) is 0 Å². The number of aliphatic carboxylic acids is 1. The molecule has 3 heterocycles. The fourth-order valence-electron chi connectivity index (χ4n) is 3.51. The molecule has 0 spiro atoms. The van der Waals surface area contributed by atoms with Crippen LogP contribution in [0.2, 0.25) is 0 Å². The van der Waals surface area contributed by atoms with Gasteiger partial charge in [-0.2, -0.15) is 18.4 Å². The molecular formula is C17H19F3N4O2. The highest BCUT2D eigenvalue weighted by atomic mass is 19.4. The molecule has 26 heavy (non-hydrogen) atoms. The van der Waals surface area contributed by atoms with Crippen LogP contribution in [-0.4, -0.2) is 41.7 Å². The van der Waals surface area contributed by atoms with Gasteiger partial charge in [0.05, 0.1) is 5.56 Å². The number of nitrogens with zero attached hydrogens (tertiary/aromatic N) is 4. The maximum Gasteiger partial charge on any atom is 0.417 e. The lowest BCUT2D eigenvalue weighted by atomic mass is 10.0. The number of carbonyl (C=O) groups is 1. The Bertz CT molecular complexity index is 760. The molecule has 0 aromatic carbocycles. The summed E-state index contributed by atoms with van der Waals surface area (Å²) in [6.45, 7) is 3.23. The SMILES string of the molecule is C[C@H]1CCN1c1nc(N2CC[C@H](CC(=O)O)C2)cc(C(F)(F)F)c1C#N. The predicted octanol–water partition coefficient (Wildman–Crippen LogP) is 2.87. The van der Waals surface area contributed by atoms with Crippen LogP contribution in [0.4, 0.5) is 24.8 Å². The molecule has 0 aliphatic carbocycles. The molecule has 9 heteroatoms. The average molecular weight is 368 g/mol. The molecule has 0 amide bonds. The molecule has 6 nitrogen and oxygen atoms in total. The quantitative estimate of drug-likeness (QED) is 0.880. The number of nitriles is 1. The summed E-state index contributed by atoms with van der Waals surface area (Å²) >= 11 is 0. The van der Waals surface area contributed by atoms with Gasteiger partial charge in [-0.15, -0.1) is 0 Å². The van der Waals surface area contributed by atoms with Crippen LogP contribution < -0.4 is 9.80 Å². The zero-order valence-corrected chi connectivity index (χ0v) is 14.3. The molecule has 0 bridgehead atoms. The molecule has 0 saturated carbocycles. The van der Waals surface area contributed by atoms with Crippen molar-refractivity contribution in [2.24, 2.45) is 5.92 Å². The van der Waals surface area contributed by atoms with E-state index in [-0.39, 0.29) is 30.0 Å². The van der Waals surface area contributed by atoms with E-state index in [1.54, 1.807) is 15.9 Å². The summed E-state index contributed by atoms with van der Waals surface area (Å²) in [6.07, 6.45) is -3.26. The lowest BCUT2D eigenvalue weighted by Gasteiger charge is -2.40. The van der Waals surface area contributed by atoms with Crippen LogP contribution >= 0.6 is 0 Å². The predicted molar refractivity (Wildman–Crippen MR) is 88.0 cm³/mol. The number of pyridine rings is 1. The second-order valence-electron chi connectivity index (χ2n) is 6.87. The van der Waals surface area contributed by atoms with E-state index in [0.717, 1.165) is 12.5 Å². The summed E-state index contributed by atoms with van der Waals surface area (Å²) in [5.74, 6) is -0.822. The zero-order valence-electron chi connectivity index (χ0n) is 14.3. The molecule has 3 rings (SSSR count). The van der Waals surface area contributed by atoms with Crippen molar-refractivity contribution in [3.8, 4) is 6.07 Å². The summed E-state index contributed by atoms with van der Waals surface area (Å²) in [4.78, 5) is 18.6. The van der Waals surface area contributed by atoms with Crippen molar-refractivity contribution in [1.82, 2.24) is 4.98 Å². The fourth-order valence-corrected chi connectivity index (χ4v) is 3.51. The van der Waals surface area contributed by atoms with Crippen molar-refractivity contribution in [2.75, 3.05) is 29.4 Å². The first kappa shape index (κ1) is 18.3. The van der Waals surface area contributed by atoms with Gasteiger partial charge in [-0.05, 0) is 31.7 Å². The Morgan fingerprint density at radius 1 is 1.42 bits per heavy atom. The molecule has 0 unspecified atom stereocenters. The van der Waals surface area contributed by atoms with Crippen LogP contribution in [0.5, 0.6) is 0 Å². The van der Waals surface area contributed by atoms with Gasteiger partial charge in [-0.1, -0.05) is 0 Å². The summed E-state index contributed by atoms with van der Waals surface area (Å²) in [5, 5.41) is 18.2. The second kappa shape index (κ2) is 6.67. The molecule has 1 aromatic heterocycles. The van der Waals surface area contributed by atoms with Crippen molar-refractivity contribution in [3.05, 3.63) is 17.2 Å². The van der Waals surface area contributed by atoms with Gasteiger partial charge in [0, 0.05) is 32.1 Å². The van der Waals surface area contributed by atoms with Crippen molar-refractivity contribution in [2.45, 2.75) is 38.4 Å². The molecule has 1 aromatic rings. The van der Waals surface area contributed by atoms with Gasteiger partial charge in [0.15, 0.2) is 0 Å². The van der Waals surface area contributed by atoms with Gasteiger partial charge in [-0.25, -0.2) is 4.98 Å². The number of hydrogen-bond acceptors (Lipinski definition) is 5. The first-order valence-corrected chi connectivity index (χ1v) is 8.46. The highest BCUT2D eigenvalue weighted by Gasteiger charge is 2.39. The number of anilines is 2. The van der Waals surface area contributed by atoms with Crippen LogP contribution in [0.25, 0.3) is 0 Å². The molecule has 0 radical (unpaired) electrons. The van der Waals surface area contributed by atoms with Crippen molar-refractivity contribution in [1.29, 1.82) is 5.26 Å². The Morgan fingerprint density at radius 3 is 2.65 bits per heavy atom. The fraction of sp³-hybridized carbons (Fsp3) is 0.588. The summed E-state index contributed by atoms with van der Waals surface area (Å²) in [5.41, 5.74) is -1.44. The molecule has 2 saturated heterocycles. The Kier molecular flexibility index (Phi) is 4.69. The van der Waals surface area contributed by atoms with Crippen molar-refractivity contribution >= 4 is 17.6 Å². The molecule has 2 aliphatic heterocycles. The van der Waals surface area contributed by atoms with Crippen molar-refractivity contribution < 1.29 is 23.1 Å².